The molecule has 1 aliphatic heterocycles. The van der Waals surface area contributed by atoms with Gasteiger partial charge >= 0.3 is 6.03 Å². The van der Waals surface area contributed by atoms with Gasteiger partial charge < -0.3 is 19.5 Å². The molecule has 158 valence electrons. The second-order valence-corrected chi connectivity index (χ2v) is 9.03. The van der Waals surface area contributed by atoms with Gasteiger partial charge in [0.15, 0.2) is 5.82 Å². The van der Waals surface area contributed by atoms with E-state index in [1.165, 1.54) is 0 Å². The molecule has 0 radical (unpaired) electrons. The van der Waals surface area contributed by atoms with Crippen LogP contribution in [0.25, 0.3) is 16.6 Å². The SMILES string of the molecule is Cc1cc(C)cc(NC(=O)N2CCN(c3nc4cc(Br)ccc4n4cccc34)CC2)c1. The first-order valence-corrected chi connectivity index (χ1v) is 11.2. The first kappa shape index (κ1) is 19.9. The molecule has 2 aromatic carbocycles. The second kappa shape index (κ2) is 7.89. The van der Waals surface area contributed by atoms with E-state index in [-0.39, 0.29) is 6.03 Å². The third-order valence-corrected chi connectivity index (χ3v) is 6.23. The number of aryl methyl sites for hydroxylation is 2. The van der Waals surface area contributed by atoms with E-state index in [1.807, 2.05) is 43.0 Å². The predicted molar refractivity (Wildman–Crippen MR) is 129 cm³/mol. The molecule has 0 aliphatic carbocycles. The standard InChI is InChI=1S/C24H24BrN5O/c1-16-12-17(2)14-19(13-16)26-24(31)29-10-8-28(9-11-29)23-22-4-3-7-30(22)21-6-5-18(25)15-20(21)27-23/h3-7,12-15H,8-11H2,1-2H3,(H,26,31). The molecule has 31 heavy (non-hydrogen) atoms. The minimum absolute atomic E-state index is 0.0483. The van der Waals surface area contributed by atoms with Crippen LogP contribution in [0.1, 0.15) is 11.1 Å². The van der Waals surface area contributed by atoms with Crippen molar-refractivity contribution in [1.82, 2.24) is 14.3 Å². The van der Waals surface area contributed by atoms with Crippen LogP contribution in [0.15, 0.2) is 59.2 Å². The number of nitrogens with zero attached hydrogens (tertiary/aromatic N) is 4. The topological polar surface area (TPSA) is 52.9 Å². The summed E-state index contributed by atoms with van der Waals surface area (Å²) in [4.78, 5) is 21.9. The van der Waals surface area contributed by atoms with E-state index < -0.39 is 0 Å². The van der Waals surface area contributed by atoms with Crippen molar-refractivity contribution in [1.29, 1.82) is 0 Å². The molecule has 0 saturated carbocycles. The van der Waals surface area contributed by atoms with Crippen molar-refractivity contribution in [3.8, 4) is 0 Å². The van der Waals surface area contributed by atoms with Crippen LogP contribution in [0.4, 0.5) is 16.3 Å². The zero-order chi connectivity index (χ0) is 21.5. The molecule has 0 unspecified atom stereocenters. The number of fused-ring (bicyclic) bond motifs is 3. The number of benzene rings is 2. The van der Waals surface area contributed by atoms with Gasteiger partial charge in [0.1, 0.15) is 0 Å². The maximum absolute atomic E-state index is 12.8. The molecule has 1 fully saturated rings. The van der Waals surface area contributed by atoms with Gasteiger partial charge in [0.05, 0.1) is 16.6 Å². The molecule has 2 aromatic heterocycles. The van der Waals surface area contributed by atoms with Gasteiger partial charge in [-0.15, -0.1) is 0 Å². The van der Waals surface area contributed by atoms with Gasteiger partial charge in [-0.2, -0.15) is 0 Å². The number of halogens is 1. The molecule has 1 saturated heterocycles. The van der Waals surface area contributed by atoms with Gasteiger partial charge in [-0.25, -0.2) is 9.78 Å². The molecule has 0 spiro atoms. The lowest BCUT2D eigenvalue weighted by Gasteiger charge is -2.35. The fourth-order valence-corrected chi connectivity index (χ4v) is 4.69. The van der Waals surface area contributed by atoms with Crippen LogP contribution < -0.4 is 10.2 Å². The van der Waals surface area contributed by atoms with E-state index in [0.717, 1.165) is 56.7 Å². The molecular formula is C24H24BrN5O. The Kier molecular flexibility index (Phi) is 5.06. The van der Waals surface area contributed by atoms with Crippen molar-refractivity contribution in [2.75, 3.05) is 36.4 Å². The van der Waals surface area contributed by atoms with Crippen molar-refractivity contribution in [2.45, 2.75) is 13.8 Å². The molecule has 0 atom stereocenters. The molecule has 6 nitrogen and oxygen atoms in total. The molecule has 0 bridgehead atoms. The summed E-state index contributed by atoms with van der Waals surface area (Å²) < 4.78 is 3.20. The highest BCUT2D eigenvalue weighted by atomic mass is 79.9. The number of hydrogen-bond donors (Lipinski definition) is 1. The number of hydrogen-bond acceptors (Lipinski definition) is 3. The van der Waals surface area contributed by atoms with Gasteiger partial charge in [-0.3, -0.25) is 0 Å². The van der Waals surface area contributed by atoms with Crippen LogP contribution in [-0.4, -0.2) is 46.5 Å². The van der Waals surface area contributed by atoms with Crippen LogP contribution in [0.2, 0.25) is 0 Å². The van der Waals surface area contributed by atoms with E-state index in [0.29, 0.717) is 13.1 Å². The lowest BCUT2D eigenvalue weighted by atomic mass is 10.1. The molecule has 1 aliphatic rings. The number of anilines is 2. The molecule has 4 aromatic rings. The molecule has 7 heteroatoms. The summed E-state index contributed by atoms with van der Waals surface area (Å²) in [5.41, 5.74) is 6.25. The highest BCUT2D eigenvalue weighted by Crippen LogP contribution is 2.28. The molecular weight excluding hydrogens is 454 g/mol. The monoisotopic (exact) mass is 477 g/mol. The summed E-state index contributed by atoms with van der Waals surface area (Å²) >= 11 is 3.55. The largest absolute Gasteiger partial charge is 0.351 e. The van der Waals surface area contributed by atoms with Gasteiger partial charge in [-0.05, 0) is 67.4 Å². The van der Waals surface area contributed by atoms with Crippen LogP contribution in [-0.2, 0) is 0 Å². The Morgan fingerprint density at radius 2 is 1.71 bits per heavy atom. The van der Waals surface area contributed by atoms with E-state index in [1.54, 1.807) is 0 Å². The predicted octanol–water partition coefficient (Wildman–Crippen LogP) is 5.22. The summed E-state index contributed by atoms with van der Waals surface area (Å²) in [5, 5.41) is 3.05. The number of carbonyl (C=O) groups is 1. The molecule has 3 heterocycles. The van der Waals surface area contributed by atoms with Gasteiger partial charge in [0, 0.05) is 42.5 Å². The zero-order valence-corrected chi connectivity index (χ0v) is 19.2. The number of carbonyl (C=O) groups excluding carboxylic acids is 1. The maximum atomic E-state index is 12.8. The number of urea groups is 1. The molecule has 1 N–H and O–H groups in total. The van der Waals surface area contributed by atoms with Crippen molar-refractivity contribution >= 4 is 50.0 Å². The van der Waals surface area contributed by atoms with Gasteiger partial charge in [-0.1, -0.05) is 22.0 Å². The van der Waals surface area contributed by atoms with Gasteiger partial charge in [0.25, 0.3) is 0 Å². The fourth-order valence-electron chi connectivity index (χ4n) is 4.34. The third-order valence-electron chi connectivity index (χ3n) is 5.74. The average molecular weight is 478 g/mol. The summed E-state index contributed by atoms with van der Waals surface area (Å²) in [6.07, 6.45) is 2.07. The summed E-state index contributed by atoms with van der Waals surface area (Å²) in [6.45, 7) is 6.88. The number of amides is 2. The Balaban J connectivity index is 1.35. The van der Waals surface area contributed by atoms with E-state index in [2.05, 4.69) is 61.0 Å². The maximum Gasteiger partial charge on any atom is 0.321 e. The molecule has 2 amide bonds. The number of nitrogens with one attached hydrogen (secondary N) is 1. The van der Waals surface area contributed by atoms with E-state index in [9.17, 15) is 4.79 Å². The fraction of sp³-hybridized carbons (Fsp3) is 0.250. The smallest absolute Gasteiger partial charge is 0.321 e. The minimum atomic E-state index is -0.0483. The van der Waals surface area contributed by atoms with Gasteiger partial charge in [0.2, 0.25) is 0 Å². The van der Waals surface area contributed by atoms with E-state index in [4.69, 9.17) is 4.98 Å². The summed E-state index contributed by atoms with van der Waals surface area (Å²) in [6, 6.07) is 16.4. The highest BCUT2D eigenvalue weighted by Gasteiger charge is 2.24. The number of rotatable bonds is 2. The summed E-state index contributed by atoms with van der Waals surface area (Å²) in [7, 11) is 0. The second-order valence-electron chi connectivity index (χ2n) is 8.11. The van der Waals surface area contributed by atoms with Crippen LogP contribution in [0, 0.1) is 13.8 Å². The number of aromatic nitrogens is 2. The normalized spacial score (nSPS) is 14.4. The Hall–Kier alpha value is -3.06. The zero-order valence-electron chi connectivity index (χ0n) is 17.6. The van der Waals surface area contributed by atoms with Crippen molar-refractivity contribution < 1.29 is 4.79 Å². The quantitative estimate of drug-likeness (QED) is 0.430. The van der Waals surface area contributed by atoms with Crippen LogP contribution >= 0.6 is 15.9 Å². The minimum Gasteiger partial charge on any atom is -0.351 e. The van der Waals surface area contributed by atoms with E-state index >= 15 is 0 Å². The first-order chi connectivity index (χ1) is 15.0. The Morgan fingerprint density at radius 3 is 2.45 bits per heavy atom. The van der Waals surface area contributed by atoms with Crippen LogP contribution in [0.5, 0.6) is 0 Å². The lowest BCUT2D eigenvalue weighted by Crippen LogP contribution is -2.50. The average Bonchev–Trinajstić information content (AvgIpc) is 3.22. The number of piperazine rings is 1. The summed E-state index contributed by atoms with van der Waals surface area (Å²) in [5.74, 6) is 0.963. The Labute approximate surface area is 189 Å². The van der Waals surface area contributed by atoms with Crippen LogP contribution in [0.3, 0.4) is 0 Å². The Bertz CT molecular complexity index is 1270. The van der Waals surface area contributed by atoms with Crippen molar-refractivity contribution in [2.24, 2.45) is 0 Å². The van der Waals surface area contributed by atoms with Crippen molar-refractivity contribution in [3.63, 3.8) is 0 Å². The first-order valence-electron chi connectivity index (χ1n) is 10.4. The Morgan fingerprint density at radius 1 is 0.968 bits per heavy atom. The highest BCUT2D eigenvalue weighted by molar-refractivity contribution is 9.10. The molecule has 5 rings (SSSR count). The van der Waals surface area contributed by atoms with Crippen molar-refractivity contribution in [3.05, 3.63) is 70.3 Å². The lowest BCUT2D eigenvalue weighted by molar-refractivity contribution is 0.208. The third kappa shape index (κ3) is 3.85.